The molecule has 1 amide bonds. The maximum absolute atomic E-state index is 13.6. The molecule has 188 valence electrons. The number of hydrogen-bond acceptors (Lipinski definition) is 6. The number of ether oxygens (including phenoxy) is 2. The van der Waals surface area contributed by atoms with Crippen molar-refractivity contribution in [1.82, 2.24) is 9.91 Å². The van der Waals surface area contributed by atoms with Crippen LogP contribution in [0.2, 0.25) is 0 Å². The third kappa shape index (κ3) is 5.32. The van der Waals surface area contributed by atoms with Gasteiger partial charge in [-0.15, -0.1) is 11.3 Å². The number of rotatable bonds is 8. The fourth-order valence-corrected chi connectivity index (χ4v) is 6.03. The van der Waals surface area contributed by atoms with E-state index in [2.05, 4.69) is 41.3 Å². The number of likely N-dealkylation sites (tertiary alicyclic amines) is 1. The molecule has 1 atom stereocenters. The van der Waals surface area contributed by atoms with Gasteiger partial charge in [-0.2, -0.15) is 5.10 Å². The molecular formula is C29H33N3O3S. The Morgan fingerprint density at radius 1 is 1.00 bits per heavy atom. The Labute approximate surface area is 217 Å². The van der Waals surface area contributed by atoms with Crippen molar-refractivity contribution in [2.75, 3.05) is 33.9 Å². The smallest absolute Gasteiger partial charge is 0.257 e. The van der Waals surface area contributed by atoms with Crippen molar-refractivity contribution in [1.29, 1.82) is 0 Å². The number of carbonyl (C=O) groups is 1. The highest BCUT2D eigenvalue weighted by molar-refractivity contribution is 7.12. The third-order valence-corrected chi connectivity index (χ3v) is 8.12. The molecule has 6 nitrogen and oxygen atoms in total. The minimum Gasteiger partial charge on any atom is -0.493 e. The Hall–Kier alpha value is -3.16. The fourth-order valence-electron chi connectivity index (χ4n) is 5.31. The van der Waals surface area contributed by atoms with Gasteiger partial charge in [0.2, 0.25) is 0 Å². The van der Waals surface area contributed by atoms with E-state index in [0.717, 1.165) is 48.5 Å². The van der Waals surface area contributed by atoms with E-state index >= 15 is 0 Å². The predicted molar refractivity (Wildman–Crippen MR) is 144 cm³/mol. The van der Waals surface area contributed by atoms with Crippen LogP contribution in [-0.4, -0.2) is 55.4 Å². The van der Waals surface area contributed by atoms with E-state index in [1.807, 2.05) is 29.6 Å². The SMILES string of the molecule is COc1cccc([C@H]2CC(c3cccs3)=NN2C(=O)CN2CCC(Cc3ccccc3)CC2)c1OC. The second-order valence-electron chi connectivity index (χ2n) is 9.47. The average Bonchev–Trinajstić information content (AvgIpc) is 3.60. The van der Waals surface area contributed by atoms with Crippen LogP contribution in [-0.2, 0) is 11.2 Å². The van der Waals surface area contributed by atoms with Gasteiger partial charge in [0.25, 0.3) is 5.91 Å². The topological polar surface area (TPSA) is 54.4 Å². The lowest BCUT2D eigenvalue weighted by molar-refractivity contribution is -0.134. The van der Waals surface area contributed by atoms with Gasteiger partial charge < -0.3 is 9.47 Å². The summed E-state index contributed by atoms with van der Waals surface area (Å²) in [7, 11) is 3.28. The van der Waals surface area contributed by atoms with Gasteiger partial charge in [-0.1, -0.05) is 48.5 Å². The highest BCUT2D eigenvalue weighted by Crippen LogP contribution is 2.42. The quantitative estimate of drug-likeness (QED) is 0.413. The van der Waals surface area contributed by atoms with Crippen LogP contribution in [0.4, 0.5) is 0 Å². The monoisotopic (exact) mass is 503 g/mol. The standard InChI is InChI=1S/C29H33N3O3S/c1-34-26-11-6-10-23(29(26)35-2)25-19-24(27-12-7-17-36-27)30-32(25)28(33)20-31-15-13-22(14-16-31)18-21-8-4-3-5-9-21/h3-12,17,22,25H,13-16,18-20H2,1-2H3/t25-/m1/s1. The van der Waals surface area contributed by atoms with Gasteiger partial charge in [0.15, 0.2) is 11.5 Å². The number of thiophene rings is 1. The molecule has 7 heteroatoms. The molecule has 5 rings (SSSR count). The largest absolute Gasteiger partial charge is 0.493 e. The van der Waals surface area contributed by atoms with Crippen LogP contribution in [0.5, 0.6) is 11.5 Å². The van der Waals surface area contributed by atoms with E-state index in [4.69, 9.17) is 14.6 Å². The van der Waals surface area contributed by atoms with E-state index in [1.165, 1.54) is 5.56 Å². The molecule has 0 N–H and O–H groups in total. The van der Waals surface area contributed by atoms with E-state index in [0.29, 0.717) is 30.4 Å². The predicted octanol–water partition coefficient (Wildman–Crippen LogP) is 5.40. The second-order valence-corrected chi connectivity index (χ2v) is 10.4. The van der Waals surface area contributed by atoms with Crippen molar-refractivity contribution in [2.24, 2.45) is 11.0 Å². The van der Waals surface area contributed by atoms with Crippen molar-refractivity contribution in [3.63, 3.8) is 0 Å². The van der Waals surface area contributed by atoms with Crippen LogP contribution in [0.15, 0.2) is 71.1 Å². The number of amides is 1. The molecule has 1 aromatic heterocycles. The number of methoxy groups -OCH3 is 2. The molecule has 2 aromatic carbocycles. The summed E-state index contributed by atoms with van der Waals surface area (Å²) in [6, 6.07) is 20.4. The zero-order valence-electron chi connectivity index (χ0n) is 20.9. The van der Waals surface area contributed by atoms with Gasteiger partial charge in [-0.3, -0.25) is 9.69 Å². The van der Waals surface area contributed by atoms with Gasteiger partial charge in [0, 0.05) is 12.0 Å². The van der Waals surface area contributed by atoms with Crippen molar-refractivity contribution in [3.05, 3.63) is 82.0 Å². The third-order valence-electron chi connectivity index (χ3n) is 7.20. The molecule has 0 saturated carbocycles. The van der Waals surface area contributed by atoms with Crippen LogP contribution >= 0.6 is 11.3 Å². The van der Waals surface area contributed by atoms with Gasteiger partial charge in [-0.05, 0) is 61.3 Å². The second kappa shape index (κ2) is 11.3. The first-order valence-corrected chi connectivity index (χ1v) is 13.4. The minimum atomic E-state index is -0.227. The fraction of sp³-hybridized carbons (Fsp3) is 0.379. The van der Waals surface area contributed by atoms with Gasteiger partial charge in [0.1, 0.15) is 0 Å². The van der Waals surface area contributed by atoms with E-state index < -0.39 is 0 Å². The number of nitrogens with zero attached hydrogens (tertiary/aromatic N) is 3. The first kappa shape index (κ1) is 24.5. The molecule has 0 aliphatic carbocycles. The summed E-state index contributed by atoms with van der Waals surface area (Å²) in [6.07, 6.45) is 3.98. The molecule has 0 spiro atoms. The lowest BCUT2D eigenvalue weighted by Gasteiger charge is -2.33. The Bertz CT molecular complexity index is 1190. The molecule has 0 unspecified atom stereocenters. The molecule has 36 heavy (non-hydrogen) atoms. The van der Waals surface area contributed by atoms with Crippen molar-refractivity contribution in [3.8, 4) is 11.5 Å². The molecule has 2 aliphatic rings. The first-order valence-electron chi connectivity index (χ1n) is 12.6. The lowest BCUT2D eigenvalue weighted by atomic mass is 9.90. The zero-order chi connectivity index (χ0) is 24.9. The molecular weight excluding hydrogens is 470 g/mol. The Morgan fingerprint density at radius 2 is 1.81 bits per heavy atom. The summed E-state index contributed by atoms with van der Waals surface area (Å²) in [5, 5.41) is 8.57. The highest BCUT2D eigenvalue weighted by Gasteiger charge is 2.36. The number of hydrazone groups is 1. The van der Waals surface area contributed by atoms with E-state index in [9.17, 15) is 4.79 Å². The normalized spacial score (nSPS) is 18.8. The molecule has 0 radical (unpaired) electrons. The molecule has 1 fully saturated rings. The summed E-state index contributed by atoms with van der Waals surface area (Å²) in [5.74, 6) is 2.01. The van der Waals surface area contributed by atoms with Crippen molar-refractivity contribution >= 4 is 23.0 Å². The van der Waals surface area contributed by atoms with Crippen LogP contribution in [0.25, 0.3) is 0 Å². The maximum Gasteiger partial charge on any atom is 0.257 e. The van der Waals surface area contributed by atoms with E-state index in [1.54, 1.807) is 30.6 Å². The average molecular weight is 504 g/mol. The minimum absolute atomic E-state index is 0.0259. The summed E-state index contributed by atoms with van der Waals surface area (Å²) in [4.78, 5) is 17.0. The number of para-hydroxylation sites is 1. The Balaban J connectivity index is 1.30. The first-order chi connectivity index (χ1) is 17.7. The lowest BCUT2D eigenvalue weighted by Crippen LogP contribution is -2.42. The summed E-state index contributed by atoms with van der Waals surface area (Å²) < 4.78 is 11.3. The number of piperidine rings is 1. The highest BCUT2D eigenvalue weighted by atomic mass is 32.1. The van der Waals surface area contributed by atoms with Crippen LogP contribution in [0, 0.1) is 5.92 Å². The molecule has 2 aliphatic heterocycles. The molecule has 3 heterocycles. The molecule has 3 aromatic rings. The summed E-state index contributed by atoms with van der Waals surface area (Å²) in [5.41, 5.74) is 3.26. The van der Waals surface area contributed by atoms with E-state index in [-0.39, 0.29) is 11.9 Å². The zero-order valence-corrected chi connectivity index (χ0v) is 21.7. The van der Waals surface area contributed by atoms with Gasteiger partial charge in [-0.25, -0.2) is 5.01 Å². The Morgan fingerprint density at radius 3 is 2.50 bits per heavy atom. The molecule has 1 saturated heterocycles. The molecule has 0 bridgehead atoms. The van der Waals surface area contributed by atoms with Gasteiger partial charge in [0.05, 0.1) is 37.4 Å². The number of hydrogen-bond donors (Lipinski definition) is 0. The van der Waals surface area contributed by atoms with Crippen molar-refractivity contribution in [2.45, 2.75) is 31.7 Å². The van der Waals surface area contributed by atoms with Crippen LogP contribution in [0.3, 0.4) is 0 Å². The number of carbonyl (C=O) groups excluding carboxylic acids is 1. The van der Waals surface area contributed by atoms with Crippen molar-refractivity contribution < 1.29 is 14.3 Å². The Kier molecular flexibility index (Phi) is 7.68. The van der Waals surface area contributed by atoms with Crippen LogP contribution in [0.1, 0.15) is 41.3 Å². The number of benzene rings is 2. The van der Waals surface area contributed by atoms with Crippen LogP contribution < -0.4 is 9.47 Å². The van der Waals surface area contributed by atoms with Gasteiger partial charge >= 0.3 is 0 Å². The summed E-state index contributed by atoms with van der Waals surface area (Å²) >= 11 is 1.65. The maximum atomic E-state index is 13.6. The summed E-state index contributed by atoms with van der Waals surface area (Å²) in [6.45, 7) is 2.25.